The molecule has 4 N–H and O–H groups in total. The first kappa shape index (κ1) is 23.4. The van der Waals surface area contributed by atoms with Gasteiger partial charge in [-0.2, -0.15) is 23.0 Å². The summed E-state index contributed by atoms with van der Waals surface area (Å²) in [6.45, 7) is 4.44. The molecule has 1 saturated heterocycles. The van der Waals surface area contributed by atoms with Crippen molar-refractivity contribution in [2.75, 3.05) is 18.8 Å². The Kier molecular flexibility index (Phi) is 6.58. The number of amides is 1. The molecule has 0 unspecified atom stereocenters. The van der Waals surface area contributed by atoms with E-state index in [0.29, 0.717) is 18.2 Å². The van der Waals surface area contributed by atoms with Crippen LogP contribution in [-0.2, 0) is 12.7 Å². The molecule has 1 fully saturated rings. The van der Waals surface area contributed by atoms with Gasteiger partial charge in [0, 0.05) is 0 Å². The summed E-state index contributed by atoms with van der Waals surface area (Å²) in [4.78, 5) is 14.1. The number of halogens is 3. The van der Waals surface area contributed by atoms with Gasteiger partial charge in [-0.3, -0.25) is 4.79 Å². The van der Waals surface area contributed by atoms with Crippen molar-refractivity contribution in [1.29, 1.82) is 0 Å². The Morgan fingerprint density at radius 2 is 2.12 bits per heavy atom. The minimum Gasteiger partial charge on any atom is -0.378 e. The number of rotatable bonds is 6. The van der Waals surface area contributed by atoms with Crippen molar-refractivity contribution in [2.45, 2.75) is 32.5 Å². The van der Waals surface area contributed by atoms with E-state index in [2.05, 4.69) is 42.7 Å². The van der Waals surface area contributed by atoms with Crippen molar-refractivity contribution in [3.8, 4) is 5.82 Å². The van der Waals surface area contributed by atoms with E-state index in [1.165, 1.54) is 21.7 Å². The maximum atomic E-state index is 12.9. The first-order valence-electron chi connectivity index (χ1n) is 10.6. The molecule has 180 valence electrons. The molecule has 14 heteroatoms. The number of hydrogen-bond donors (Lipinski definition) is 3. The highest BCUT2D eigenvalue weighted by Crippen LogP contribution is 2.29. The SMILES string of the molecule is CC1CC[NH+](Cc2c(C(=O)NN=Cc3cccc(C(F)(F)F)c3)nnn2-c2nonc2N)CC1. The molecule has 0 aliphatic carbocycles. The number of aromatic nitrogens is 5. The van der Waals surface area contributed by atoms with Crippen LogP contribution in [0.3, 0.4) is 0 Å². The Morgan fingerprint density at radius 3 is 2.79 bits per heavy atom. The monoisotopic (exact) mass is 478 g/mol. The molecule has 1 aromatic carbocycles. The van der Waals surface area contributed by atoms with Crippen LogP contribution in [0, 0.1) is 5.92 Å². The number of hydrazone groups is 1. The van der Waals surface area contributed by atoms with Crippen LogP contribution < -0.4 is 16.1 Å². The van der Waals surface area contributed by atoms with Crippen LogP contribution in [0.15, 0.2) is 34.0 Å². The van der Waals surface area contributed by atoms with Gasteiger partial charge in [-0.15, -0.1) is 5.10 Å². The highest BCUT2D eigenvalue weighted by Gasteiger charge is 2.31. The van der Waals surface area contributed by atoms with Crippen LogP contribution >= 0.6 is 0 Å². The van der Waals surface area contributed by atoms with Gasteiger partial charge >= 0.3 is 6.18 Å². The highest BCUT2D eigenvalue weighted by atomic mass is 19.4. The fourth-order valence-corrected chi connectivity index (χ4v) is 3.74. The lowest BCUT2D eigenvalue weighted by Crippen LogP contribution is -3.11. The number of carbonyl (C=O) groups excluding carboxylic acids is 1. The second kappa shape index (κ2) is 9.59. The van der Waals surface area contributed by atoms with Gasteiger partial charge in [0.1, 0.15) is 12.2 Å². The van der Waals surface area contributed by atoms with Crippen molar-refractivity contribution < 1.29 is 27.5 Å². The van der Waals surface area contributed by atoms with Gasteiger partial charge in [-0.25, -0.2) is 10.1 Å². The molecular weight excluding hydrogens is 455 g/mol. The third kappa shape index (κ3) is 5.22. The minimum absolute atomic E-state index is 0.00489. The summed E-state index contributed by atoms with van der Waals surface area (Å²) in [5, 5.41) is 19.0. The van der Waals surface area contributed by atoms with Crippen LogP contribution in [-0.4, -0.2) is 50.5 Å². The zero-order valence-electron chi connectivity index (χ0n) is 18.2. The van der Waals surface area contributed by atoms with Gasteiger partial charge in [-0.05, 0) is 46.8 Å². The van der Waals surface area contributed by atoms with Crippen molar-refractivity contribution in [3.05, 3.63) is 46.8 Å². The van der Waals surface area contributed by atoms with Crippen LogP contribution in [0.4, 0.5) is 19.0 Å². The van der Waals surface area contributed by atoms with Gasteiger partial charge < -0.3 is 10.6 Å². The summed E-state index contributed by atoms with van der Waals surface area (Å²) in [6.07, 6.45) is -1.26. The average Bonchev–Trinajstić information content (AvgIpc) is 3.40. The number of nitrogens with one attached hydrogen (secondary N) is 2. The van der Waals surface area contributed by atoms with Crippen molar-refractivity contribution in [2.24, 2.45) is 11.0 Å². The molecule has 3 heterocycles. The summed E-state index contributed by atoms with van der Waals surface area (Å²) in [5.41, 5.74) is 7.89. The van der Waals surface area contributed by atoms with Crippen LogP contribution in [0.5, 0.6) is 0 Å². The first-order chi connectivity index (χ1) is 16.2. The normalized spacial score (nSPS) is 18.9. The molecule has 1 aliphatic heterocycles. The standard InChI is InChI=1S/C20H22F3N9O2/c1-12-5-7-31(8-6-12)11-15-16(26-30-32(15)18-17(24)28-34-29-18)19(33)27-25-10-13-3-2-4-14(9-13)20(21,22)23/h2-4,9-10,12H,5-8,11H2,1H3,(H2,24,28)(H,27,33)/p+1. The summed E-state index contributed by atoms with van der Waals surface area (Å²) in [6, 6.07) is 4.58. The van der Waals surface area contributed by atoms with Crippen molar-refractivity contribution in [1.82, 2.24) is 30.7 Å². The topological polar surface area (TPSA) is 142 Å². The quantitative estimate of drug-likeness (QED) is 0.352. The molecule has 1 amide bonds. The van der Waals surface area contributed by atoms with Gasteiger partial charge in [0.2, 0.25) is 11.6 Å². The third-order valence-electron chi connectivity index (χ3n) is 5.67. The first-order valence-corrected chi connectivity index (χ1v) is 10.6. The molecule has 0 spiro atoms. The molecule has 11 nitrogen and oxygen atoms in total. The van der Waals surface area contributed by atoms with E-state index in [0.717, 1.165) is 44.3 Å². The molecule has 2 aromatic heterocycles. The predicted molar refractivity (Wildman–Crippen MR) is 113 cm³/mol. The molecule has 3 aromatic rings. The Hall–Kier alpha value is -3.81. The van der Waals surface area contributed by atoms with E-state index in [-0.39, 0.29) is 22.9 Å². The molecule has 0 bridgehead atoms. The van der Waals surface area contributed by atoms with Crippen molar-refractivity contribution >= 4 is 17.9 Å². The molecule has 4 rings (SSSR count). The van der Waals surface area contributed by atoms with E-state index < -0.39 is 17.6 Å². The Labute approximate surface area is 191 Å². The van der Waals surface area contributed by atoms with E-state index in [9.17, 15) is 18.0 Å². The van der Waals surface area contributed by atoms with Gasteiger partial charge in [0.25, 0.3) is 5.91 Å². The average molecular weight is 478 g/mol. The van der Waals surface area contributed by atoms with E-state index in [1.807, 2.05) is 0 Å². The number of piperidine rings is 1. The van der Waals surface area contributed by atoms with Gasteiger partial charge in [-0.1, -0.05) is 24.3 Å². The lowest BCUT2D eigenvalue weighted by atomic mass is 9.99. The highest BCUT2D eigenvalue weighted by molar-refractivity contribution is 5.94. The van der Waals surface area contributed by atoms with Crippen LogP contribution in [0.1, 0.15) is 47.1 Å². The summed E-state index contributed by atoms with van der Waals surface area (Å²) in [7, 11) is 0. The Balaban J connectivity index is 1.54. The number of benzene rings is 1. The van der Waals surface area contributed by atoms with Crippen LogP contribution in [0.2, 0.25) is 0 Å². The predicted octanol–water partition coefficient (Wildman–Crippen LogP) is 0.830. The van der Waals surface area contributed by atoms with E-state index >= 15 is 0 Å². The zero-order valence-corrected chi connectivity index (χ0v) is 18.2. The molecule has 0 radical (unpaired) electrons. The Morgan fingerprint density at radius 1 is 1.35 bits per heavy atom. The third-order valence-corrected chi connectivity index (χ3v) is 5.67. The zero-order chi connectivity index (χ0) is 24.3. The number of hydrogen-bond acceptors (Lipinski definition) is 8. The summed E-state index contributed by atoms with van der Waals surface area (Å²) in [5.74, 6) is 0.0566. The van der Waals surface area contributed by atoms with Gasteiger partial charge in [0.15, 0.2) is 5.69 Å². The summed E-state index contributed by atoms with van der Waals surface area (Å²) < 4.78 is 44.6. The largest absolute Gasteiger partial charge is 0.416 e. The molecule has 0 saturated carbocycles. The number of carbonyl (C=O) groups is 1. The number of alkyl halides is 3. The molecule has 0 atom stereocenters. The fraction of sp³-hybridized carbons (Fsp3) is 0.400. The van der Waals surface area contributed by atoms with E-state index in [1.54, 1.807) is 0 Å². The van der Waals surface area contributed by atoms with Crippen LogP contribution in [0.25, 0.3) is 5.82 Å². The minimum atomic E-state index is -4.48. The molecule has 1 aliphatic rings. The number of likely N-dealkylation sites (tertiary alicyclic amines) is 1. The van der Waals surface area contributed by atoms with Gasteiger partial charge in [0.05, 0.1) is 24.9 Å². The summed E-state index contributed by atoms with van der Waals surface area (Å²) >= 11 is 0. The maximum absolute atomic E-state index is 12.9. The smallest absolute Gasteiger partial charge is 0.378 e. The van der Waals surface area contributed by atoms with Crippen molar-refractivity contribution in [3.63, 3.8) is 0 Å². The molecular formula is C20H23F3N9O2+. The lowest BCUT2D eigenvalue weighted by Gasteiger charge is -2.27. The second-order valence-electron chi connectivity index (χ2n) is 8.20. The lowest BCUT2D eigenvalue weighted by molar-refractivity contribution is -0.920. The number of nitrogens with two attached hydrogens (primary N) is 1. The number of quaternary nitrogens is 1. The second-order valence-corrected chi connectivity index (χ2v) is 8.20. The molecule has 34 heavy (non-hydrogen) atoms. The number of nitrogen functional groups attached to an aromatic ring is 1. The fourth-order valence-electron chi connectivity index (χ4n) is 3.74. The van der Waals surface area contributed by atoms with E-state index in [4.69, 9.17) is 5.73 Å². The Bertz CT molecular complexity index is 1180. The maximum Gasteiger partial charge on any atom is 0.416 e. The number of anilines is 1. The number of nitrogens with zero attached hydrogens (tertiary/aromatic N) is 6.